The molecule has 0 amide bonds. The average molecular weight is 479 g/mol. The van der Waals surface area contributed by atoms with Crippen molar-refractivity contribution in [2.24, 2.45) is 0 Å². The number of alkyl halides is 6. The molecule has 3 heterocycles. The van der Waals surface area contributed by atoms with E-state index in [0.29, 0.717) is 12.3 Å². The second kappa shape index (κ2) is 8.15. The van der Waals surface area contributed by atoms with Gasteiger partial charge in [0.25, 0.3) is 0 Å². The first-order chi connectivity index (χ1) is 14.8. The predicted molar refractivity (Wildman–Crippen MR) is 99.9 cm³/mol. The van der Waals surface area contributed by atoms with Crippen LogP contribution in [0.2, 0.25) is 0 Å². The Hall–Kier alpha value is -3.03. The molecule has 0 fully saturated rings. The van der Waals surface area contributed by atoms with E-state index in [1.165, 1.54) is 11.5 Å². The summed E-state index contributed by atoms with van der Waals surface area (Å²) in [6.45, 7) is 2.87. The van der Waals surface area contributed by atoms with Gasteiger partial charge in [0.1, 0.15) is 11.4 Å². The Kier molecular flexibility index (Phi) is 6.02. The lowest BCUT2D eigenvalue weighted by atomic mass is 10.2. The molecule has 7 nitrogen and oxygen atoms in total. The second-order valence-electron chi connectivity index (χ2n) is 6.49. The van der Waals surface area contributed by atoms with Crippen LogP contribution in [0.5, 0.6) is 0 Å². The average Bonchev–Trinajstić information content (AvgIpc) is 3.16. The van der Waals surface area contributed by atoms with E-state index >= 15 is 0 Å². The minimum atomic E-state index is -4.84. The van der Waals surface area contributed by atoms with Crippen LogP contribution in [0.15, 0.2) is 35.5 Å². The topological polar surface area (TPSA) is 90.6 Å². The number of hydrogen-bond donors (Lipinski definition) is 0. The van der Waals surface area contributed by atoms with Crippen molar-refractivity contribution < 1.29 is 34.8 Å². The normalized spacial score (nSPS) is 12.9. The third-order valence-corrected chi connectivity index (χ3v) is 6.23. The molecule has 0 aromatic carbocycles. The summed E-state index contributed by atoms with van der Waals surface area (Å²) in [5.74, 6) is -0.858. The summed E-state index contributed by atoms with van der Waals surface area (Å²) >= 11 is 0. The fourth-order valence-electron chi connectivity index (χ4n) is 2.86. The minimum Gasteiger partial charge on any atom is -0.305 e. The Morgan fingerprint density at radius 1 is 0.906 bits per heavy atom. The van der Waals surface area contributed by atoms with Crippen LogP contribution >= 0.6 is 0 Å². The van der Waals surface area contributed by atoms with Crippen molar-refractivity contribution >= 4 is 9.84 Å². The van der Waals surface area contributed by atoms with Gasteiger partial charge in [-0.25, -0.2) is 8.42 Å². The number of sulfone groups is 1. The smallest absolute Gasteiger partial charge is 0.305 e. The molecule has 0 aliphatic heterocycles. The van der Waals surface area contributed by atoms with E-state index in [2.05, 4.69) is 20.2 Å². The fourth-order valence-corrected chi connectivity index (χ4v) is 3.91. The van der Waals surface area contributed by atoms with E-state index < -0.39 is 49.7 Å². The molecule has 0 atom stereocenters. The maximum Gasteiger partial charge on any atom is 0.417 e. The van der Waals surface area contributed by atoms with Gasteiger partial charge in [-0.1, -0.05) is 6.92 Å². The van der Waals surface area contributed by atoms with Crippen LogP contribution in [0.25, 0.3) is 23.0 Å². The molecule has 0 aliphatic rings. The molecule has 0 saturated heterocycles. The van der Waals surface area contributed by atoms with Crippen LogP contribution in [-0.4, -0.2) is 38.9 Å². The van der Waals surface area contributed by atoms with E-state index in [0.717, 1.165) is 18.3 Å². The number of hydrogen-bond acceptors (Lipinski definition) is 6. The van der Waals surface area contributed by atoms with Crippen molar-refractivity contribution in [3.63, 3.8) is 0 Å². The van der Waals surface area contributed by atoms with Crippen LogP contribution in [0.1, 0.15) is 25.0 Å². The lowest BCUT2D eigenvalue weighted by Crippen LogP contribution is -2.13. The molecular weight excluding hydrogens is 464 g/mol. The van der Waals surface area contributed by atoms with E-state index in [1.807, 2.05) is 0 Å². The van der Waals surface area contributed by atoms with Crippen LogP contribution in [0, 0.1) is 0 Å². The highest BCUT2D eigenvalue weighted by Crippen LogP contribution is 2.35. The first-order valence-electron chi connectivity index (χ1n) is 9.06. The van der Waals surface area contributed by atoms with E-state index in [4.69, 9.17) is 0 Å². The molecule has 32 heavy (non-hydrogen) atoms. The van der Waals surface area contributed by atoms with Gasteiger partial charge < -0.3 is 4.57 Å². The van der Waals surface area contributed by atoms with Crippen molar-refractivity contribution in [3.05, 3.63) is 41.7 Å². The van der Waals surface area contributed by atoms with Crippen LogP contribution < -0.4 is 0 Å². The largest absolute Gasteiger partial charge is 0.417 e. The first kappa shape index (κ1) is 23.6. The summed E-state index contributed by atoms with van der Waals surface area (Å²) in [5, 5.41) is 7.61. The van der Waals surface area contributed by atoms with E-state index in [1.54, 1.807) is 6.92 Å². The molecule has 0 N–H and O–H groups in total. The third kappa shape index (κ3) is 4.45. The maximum atomic E-state index is 13.1. The second-order valence-corrected chi connectivity index (χ2v) is 8.74. The van der Waals surface area contributed by atoms with Gasteiger partial charge in [0.05, 0.1) is 21.8 Å². The Labute approximate surface area is 178 Å². The SMILES string of the molecule is CCn1c(-c2cc(C(F)(F)F)ccn2)nnc1-c1ncc(C(F)(F)F)cc1S(=O)(=O)CC. The number of nitrogens with zero attached hydrogens (tertiary/aromatic N) is 5. The van der Waals surface area contributed by atoms with Gasteiger partial charge in [0, 0.05) is 18.9 Å². The lowest BCUT2D eigenvalue weighted by Gasteiger charge is -2.13. The highest BCUT2D eigenvalue weighted by Gasteiger charge is 2.35. The minimum absolute atomic E-state index is 0.0455. The predicted octanol–water partition coefficient (Wildman–Crippen LogP) is 4.25. The van der Waals surface area contributed by atoms with Gasteiger partial charge in [-0.2, -0.15) is 26.3 Å². The maximum absolute atomic E-state index is 13.1. The standard InChI is InChI=1S/C18H15F6N5O2S/c1-3-29-15(12-7-10(5-6-25-12)17(19,20)21)27-28-16(29)14-13(32(30,31)4-2)8-11(9-26-14)18(22,23)24/h5-9H,3-4H2,1-2H3. The van der Waals surface area contributed by atoms with E-state index in [9.17, 15) is 34.8 Å². The highest BCUT2D eigenvalue weighted by molar-refractivity contribution is 7.91. The quantitative estimate of drug-likeness (QED) is 0.508. The number of aromatic nitrogens is 5. The highest BCUT2D eigenvalue weighted by atomic mass is 32.2. The summed E-state index contributed by atoms with van der Waals surface area (Å²) in [7, 11) is -4.17. The number of halogens is 6. The van der Waals surface area contributed by atoms with Gasteiger partial charge >= 0.3 is 12.4 Å². The van der Waals surface area contributed by atoms with Crippen LogP contribution in [0.3, 0.4) is 0 Å². The lowest BCUT2D eigenvalue weighted by molar-refractivity contribution is -0.138. The molecule has 0 bridgehead atoms. The van der Waals surface area contributed by atoms with Crippen molar-refractivity contribution in [3.8, 4) is 23.0 Å². The summed E-state index contributed by atoms with van der Waals surface area (Å²) in [6.07, 6.45) is -8.10. The zero-order valence-electron chi connectivity index (χ0n) is 16.5. The Morgan fingerprint density at radius 3 is 2.09 bits per heavy atom. The summed E-state index contributed by atoms with van der Waals surface area (Å²) in [5.41, 5.74) is -2.85. The van der Waals surface area contributed by atoms with Crippen LogP contribution in [-0.2, 0) is 28.7 Å². The van der Waals surface area contributed by atoms with Crippen molar-refractivity contribution in [2.45, 2.75) is 37.6 Å². The zero-order chi connectivity index (χ0) is 23.9. The molecule has 0 radical (unpaired) electrons. The molecule has 3 aromatic rings. The third-order valence-electron chi connectivity index (χ3n) is 4.49. The van der Waals surface area contributed by atoms with Crippen molar-refractivity contribution in [1.29, 1.82) is 0 Å². The number of rotatable bonds is 5. The molecular formula is C18H15F6N5O2S. The Bertz CT molecular complexity index is 1250. The summed E-state index contributed by atoms with van der Waals surface area (Å²) in [6, 6.07) is 1.96. The molecule has 14 heteroatoms. The van der Waals surface area contributed by atoms with Crippen molar-refractivity contribution in [1.82, 2.24) is 24.7 Å². The first-order valence-corrected chi connectivity index (χ1v) is 10.7. The Morgan fingerprint density at radius 2 is 1.53 bits per heavy atom. The van der Waals surface area contributed by atoms with Crippen LogP contribution in [0.4, 0.5) is 26.3 Å². The molecule has 3 aromatic heterocycles. The fraction of sp³-hybridized carbons (Fsp3) is 0.333. The van der Waals surface area contributed by atoms with Gasteiger partial charge in [0.2, 0.25) is 0 Å². The van der Waals surface area contributed by atoms with Gasteiger partial charge in [0.15, 0.2) is 21.5 Å². The van der Waals surface area contributed by atoms with Gasteiger partial charge in [-0.05, 0) is 25.1 Å². The summed E-state index contributed by atoms with van der Waals surface area (Å²) in [4.78, 5) is 6.83. The number of pyridine rings is 2. The monoisotopic (exact) mass is 479 g/mol. The molecule has 0 saturated carbocycles. The zero-order valence-corrected chi connectivity index (χ0v) is 17.3. The molecule has 0 spiro atoms. The molecule has 172 valence electrons. The Balaban J connectivity index is 2.24. The molecule has 0 aliphatic carbocycles. The summed E-state index contributed by atoms with van der Waals surface area (Å²) < 4.78 is 105. The molecule has 0 unspecified atom stereocenters. The van der Waals surface area contributed by atoms with Crippen molar-refractivity contribution in [2.75, 3.05) is 5.75 Å². The van der Waals surface area contributed by atoms with E-state index in [-0.39, 0.29) is 23.9 Å². The van der Waals surface area contributed by atoms with Gasteiger partial charge in [-0.3, -0.25) is 9.97 Å². The van der Waals surface area contributed by atoms with Gasteiger partial charge in [-0.15, -0.1) is 10.2 Å². The molecule has 3 rings (SSSR count).